The smallest absolute Gasteiger partial charge is 0.249 e. The molecule has 0 bridgehead atoms. The summed E-state index contributed by atoms with van der Waals surface area (Å²) < 4.78 is 32.4. The molecule has 0 saturated carbocycles. The molecule has 2 N–H and O–H groups in total. The van der Waals surface area contributed by atoms with Crippen LogP contribution in [0.1, 0.15) is 5.56 Å². The standard InChI is InChI=1S/C25H26ClN3O5S/c1-29(20-10-12-21(34-2)13-11-20)25(31)23(16-18-6-4-3-5-7-18)28-24(30)17-27-35(32,33)22-14-8-19(26)9-15-22/h3-15,23,27H,16-17H2,1-2H3,(H,28,30). The number of carbonyl (C=O) groups is 2. The number of methoxy groups -OCH3 is 1. The minimum atomic E-state index is -3.93. The maximum atomic E-state index is 13.3. The van der Waals surface area contributed by atoms with Crippen LogP contribution in [0.25, 0.3) is 0 Å². The van der Waals surface area contributed by atoms with Gasteiger partial charge in [-0.05, 0) is 54.1 Å². The van der Waals surface area contributed by atoms with E-state index in [1.54, 1.807) is 38.4 Å². The summed E-state index contributed by atoms with van der Waals surface area (Å²) in [7, 11) is -0.769. The van der Waals surface area contributed by atoms with Crippen LogP contribution in [0, 0.1) is 0 Å². The average Bonchev–Trinajstić information content (AvgIpc) is 2.87. The molecular formula is C25H26ClN3O5S. The Hall–Kier alpha value is -3.40. The van der Waals surface area contributed by atoms with Crippen molar-refractivity contribution >= 4 is 39.1 Å². The van der Waals surface area contributed by atoms with Crippen LogP contribution in [0.4, 0.5) is 5.69 Å². The van der Waals surface area contributed by atoms with Gasteiger partial charge in [-0.3, -0.25) is 9.59 Å². The lowest BCUT2D eigenvalue weighted by Crippen LogP contribution is -2.51. The predicted octanol–water partition coefficient (Wildman–Crippen LogP) is 3.02. The Morgan fingerprint density at radius 1 is 0.971 bits per heavy atom. The van der Waals surface area contributed by atoms with Crippen molar-refractivity contribution in [2.75, 3.05) is 25.6 Å². The number of ether oxygens (including phenoxy) is 1. The van der Waals surface area contributed by atoms with E-state index in [4.69, 9.17) is 16.3 Å². The monoisotopic (exact) mass is 515 g/mol. The lowest BCUT2D eigenvalue weighted by Gasteiger charge is -2.25. The first-order valence-electron chi connectivity index (χ1n) is 10.7. The second-order valence-corrected chi connectivity index (χ2v) is 9.89. The zero-order valence-electron chi connectivity index (χ0n) is 19.3. The van der Waals surface area contributed by atoms with E-state index in [9.17, 15) is 18.0 Å². The average molecular weight is 516 g/mol. The Kier molecular flexibility index (Phi) is 8.86. The number of benzene rings is 3. The summed E-state index contributed by atoms with van der Waals surface area (Å²) in [5.41, 5.74) is 1.46. The Labute approximate surface area is 209 Å². The van der Waals surface area contributed by atoms with Crippen molar-refractivity contribution in [1.82, 2.24) is 10.0 Å². The molecule has 35 heavy (non-hydrogen) atoms. The number of carbonyl (C=O) groups excluding carboxylic acids is 2. The molecule has 3 aromatic rings. The number of rotatable bonds is 10. The van der Waals surface area contributed by atoms with Crippen molar-refractivity contribution in [1.29, 1.82) is 0 Å². The van der Waals surface area contributed by atoms with Gasteiger partial charge in [-0.2, -0.15) is 0 Å². The fourth-order valence-electron chi connectivity index (χ4n) is 3.32. The highest BCUT2D eigenvalue weighted by atomic mass is 35.5. The Bertz CT molecular complexity index is 1250. The topological polar surface area (TPSA) is 105 Å². The molecule has 184 valence electrons. The van der Waals surface area contributed by atoms with E-state index in [-0.39, 0.29) is 17.2 Å². The third kappa shape index (κ3) is 7.29. The first kappa shape index (κ1) is 26.2. The SMILES string of the molecule is COc1ccc(N(C)C(=O)C(Cc2ccccc2)NC(=O)CNS(=O)(=O)c2ccc(Cl)cc2)cc1. The van der Waals surface area contributed by atoms with Gasteiger partial charge < -0.3 is 15.0 Å². The van der Waals surface area contributed by atoms with Gasteiger partial charge in [0.25, 0.3) is 0 Å². The number of sulfonamides is 1. The highest BCUT2D eigenvalue weighted by Crippen LogP contribution is 2.19. The summed E-state index contributed by atoms with van der Waals surface area (Å²) in [5, 5.41) is 3.06. The number of nitrogens with zero attached hydrogens (tertiary/aromatic N) is 1. The van der Waals surface area contributed by atoms with Crippen LogP contribution in [-0.4, -0.2) is 47.0 Å². The first-order chi connectivity index (χ1) is 16.7. The lowest BCUT2D eigenvalue weighted by molar-refractivity contribution is -0.126. The van der Waals surface area contributed by atoms with Gasteiger partial charge in [0.05, 0.1) is 18.6 Å². The van der Waals surface area contributed by atoms with E-state index in [1.807, 2.05) is 30.3 Å². The van der Waals surface area contributed by atoms with Crippen molar-refractivity contribution < 1.29 is 22.7 Å². The van der Waals surface area contributed by atoms with Gasteiger partial charge in [-0.1, -0.05) is 41.9 Å². The largest absolute Gasteiger partial charge is 0.497 e. The van der Waals surface area contributed by atoms with E-state index in [0.717, 1.165) is 5.56 Å². The van der Waals surface area contributed by atoms with E-state index in [2.05, 4.69) is 10.0 Å². The number of halogens is 1. The zero-order chi connectivity index (χ0) is 25.4. The number of hydrogen-bond donors (Lipinski definition) is 2. The lowest BCUT2D eigenvalue weighted by atomic mass is 10.0. The number of anilines is 1. The summed E-state index contributed by atoms with van der Waals surface area (Å²) in [4.78, 5) is 27.4. The normalized spacial score (nSPS) is 12.0. The van der Waals surface area contributed by atoms with Crippen LogP contribution < -0.4 is 19.7 Å². The van der Waals surface area contributed by atoms with Gasteiger partial charge >= 0.3 is 0 Å². The van der Waals surface area contributed by atoms with Crippen molar-refractivity contribution in [3.05, 3.63) is 89.4 Å². The van der Waals surface area contributed by atoms with Gasteiger partial charge in [0.15, 0.2) is 0 Å². The number of hydrogen-bond acceptors (Lipinski definition) is 5. The van der Waals surface area contributed by atoms with E-state index >= 15 is 0 Å². The molecule has 0 aliphatic carbocycles. The summed E-state index contributed by atoms with van der Waals surface area (Å²) in [6, 6.07) is 20.8. The fraction of sp³-hybridized carbons (Fsp3) is 0.200. The Balaban J connectivity index is 1.72. The minimum absolute atomic E-state index is 0.0224. The van der Waals surface area contributed by atoms with Crippen LogP contribution >= 0.6 is 11.6 Å². The maximum Gasteiger partial charge on any atom is 0.249 e. The van der Waals surface area contributed by atoms with Crippen LogP contribution in [0.3, 0.4) is 0 Å². The molecule has 0 spiro atoms. The molecule has 0 fully saturated rings. The molecular weight excluding hydrogens is 490 g/mol. The van der Waals surface area contributed by atoms with Gasteiger partial charge in [0.1, 0.15) is 11.8 Å². The van der Waals surface area contributed by atoms with Crippen molar-refractivity contribution in [2.45, 2.75) is 17.4 Å². The summed E-state index contributed by atoms with van der Waals surface area (Å²) >= 11 is 5.81. The molecule has 3 aromatic carbocycles. The molecule has 0 aromatic heterocycles. The molecule has 1 unspecified atom stereocenters. The van der Waals surface area contributed by atoms with E-state index < -0.39 is 28.5 Å². The molecule has 3 rings (SSSR count). The number of amides is 2. The third-order valence-corrected chi connectivity index (χ3v) is 6.92. The maximum absolute atomic E-state index is 13.3. The van der Waals surface area contributed by atoms with Gasteiger partial charge in [-0.25, -0.2) is 13.1 Å². The van der Waals surface area contributed by atoms with Crippen molar-refractivity contribution in [3.8, 4) is 5.75 Å². The summed E-state index contributed by atoms with van der Waals surface area (Å²) in [5.74, 6) is -0.343. The zero-order valence-corrected chi connectivity index (χ0v) is 20.8. The molecule has 0 saturated heterocycles. The first-order valence-corrected chi connectivity index (χ1v) is 12.6. The number of likely N-dealkylation sites (N-methyl/N-ethyl adjacent to an activating group) is 1. The number of nitrogens with one attached hydrogen (secondary N) is 2. The van der Waals surface area contributed by atoms with Crippen LogP contribution in [-0.2, 0) is 26.0 Å². The van der Waals surface area contributed by atoms with E-state index in [1.165, 1.54) is 29.2 Å². The quantitative estimate of drug-likeness (QED) is 0.432. The molecule has 0 aliphatic rings. The van der Waals surface area contributed by atoms with Gasteiger partial charge in [-0.15, -0.1) is 0 Å². The molecule has 8 nitrogen and oxygen atoms in total. The summed E-state index contributed by atoms with van der Waals surface area (Å²) in [6.07, 6.45) is 0.232. The molecule has 2 amide bonds. The fourth-order valence-corrected chi connectivity index (χ4v) is 4.43. The van der Waals surface area contributed by atoms with Gasteiger partial charge in [0.2, 0.25) is 21.8 Å². The Morgan fingerprint density at radius 2 is 1.60 bits per heavy atom. The second kappa shape index (κ2) is 11.8. The van der Waals surface area contributed by atoms with Crippen LogP contribution in [0.5, 0.6) is 5.75 Å². The molecule has 0 aliphatic heterocycles. The highest BCUT2D eigenvalue weighted by Gasteiger charge is 2.26. The van der Waals surface area contributed by atoms with Crippen molar-refractivity contribution in [3.63, 3.8) is 0 Å². The second-order valence-electron chi connectivity index (χ2n) is 7.68. The highest BCUT2D eigenvalue weighted by molar-refractivity contribution is 7.89. The predicted molar refractivity (Wildman–Crippen MR) is 135 cm³/mol. The molecule has 0 radical (unpaired) electrons. The van der Waals surface area contributed by atoms with Gasteiger partial charge in [0, 0.05) is 24.2 Å². The Morgan fingerprint density at radius 3 is 2.20 bits per heavy atom. The van der Waals surface area contributed by atoms with E-state index in [0.29, 0.717) is 16.5 Å². The third-order valence-electron chi connectivity index (χ3n) is 5.25. The van der Waals surface area contributed by atoms with Crippen LogP contribution in [0.15, 0.2) is 83.8 Å². The van der Waals surface area contributed by atoms with Crippen LogP contribution in [0.2, 0.25) is 5.02 Å². The molecule has 1 atom stereocenters. The molecule has 0 heterocycles. The van der Waals surface area contributed by atoms with Crippen molar-refractivity contribution in [2.24, 2.45) is 0 Å². The molecule has 10 heteroatoms. The summed E-state index contributed by atoms with van der Waals surface area (Å²) in [6.45, 7) is -0.532. The minimum Gasteiger partial charge on any atom is -0.497 e.